The Bertz CT molecular complexity index is 699. The lowest BCUT2D eigenvalue weighted by atomic mass is 10.2. The molecule has 1 heterocycles. The van der Waals surface area contributed by atoms with Gasteiger partial charge in [-0.3, -0.25) is 9.59 Å². The summed E-state index contributed by atoms with van der Waals surface area (Å²) in [5, 5.41) is 0. The van der Waals surface area contributed by atoms with Gasteiger partial charge in [0.2, 0.25) is 10.0 Å². The molecule has 0 radical (unpaired) electrons. The first-order chi connectivity index (χ1) is 10.7. The van der Waals surface area contributed by atoms with E-state index in [9.17, 15) is 18.0 Å². The molecule has 1 fully saturated rings. The molecule has 0 aromatic heterocycles. The van der Waals surface area contributed by atoms with Gasteiger partial charge in [-0.15, -0.1) is 0 Å². The van der Waals surface area contributed by atoms with Crippen LogP contribution in [0.1, 0.15) is 25.3 Å². The maximum Gasteiger partial charge on any atom is 0.325 e. The zero-order valence-corrected chi connectivity index (χ0v) is 13.9. The van der Waals surface area contributed by atoms with Crippen LogP contribution in [-0.2, 0) is 24.3 Å². The van der Waals surface area contributed by atoms with Crippen LogP contribution in [0.25, 0.3) is 0 Å². The number of nitrogens with two attached hydrogens (primary N) is 1. The van der Waals surface area contributed by atoms with E-state index in [1.54, 1.807) is 12.1 Å². The number of sulfonamides is 1. The van der Waals surface area contributed by atoms with E-state index in [-0.39, 0.29) is 11.4 Å². The summed E-state index contributed by atoms with van der Waals surface area (Å²) >= 11 is 0. The molecule has 1 saturated heterocycles. The van der Waals surface area contributed by atoms with Gasteiger partial charge in [0.25, 0.3) is 5.91 Å². The molecule has 1 amide bonds. The standard InChI is InChI=1S/C15H20N2O5S/c1-10-5-7-12(8-6-10)23(20,21)17-9-3-4-13(17)15(19)22-11(2)14(16)18/h5-8,11,13H,3-4,9H2,1-2H3,(H2,16,18)/t11-,13-/m0/s1. The van der Waals surface area contributed by atoms with Crippen molar-refractivity contribution < 1.29 is 22.7 Å². The zero-order valence-electron chi connectivity index (χ0n) is 13.1. The highest BCUT2D eigenvalue weighted by Crippen LogP contribution is 2.27. The molecule has 0 spiro atoms. The molecule has 23 heavy (non-hydrogen) atoms. The van der Waals surface area contributed by atoms with Gasteiger partial charge in [-0.2, -0.15) is 4.31 Å². The first-order valence-electron chi connectivity index (χ1n) is 7.32. The van der Waals surface area contributed by atoms with Crippen molar-refractivity contribution in [2.24, 2.45) is 5.73 Å². The summed E-state index contributed by atoms with van der Waals surface area (Å²) in [7, 11) is -3.79. The number of ether oxygens (including phenoxy) is 1. The molecule has 2 N–H and O–H groups in total. The maximum atomic E-state index is 12.7. The summed E-state index contributed by atoms with van der Waals surface area (Å²) in [4.78, 5) is 23.3. The van der Waals surface area contributed by atoms with Crippen molar-refractivity contribution in [1.29, 1.82) is 0 Å². The number of hydrogen-bond donors (Lipinski definition) is 1. The summed E-state index contributed by atoms with van der Waals surface area (Å²) < 4.78 is 31.5. The average Bonchev–Trinajstić information content (AvgIpc) is 2.97. The average molecular weight is 340 g/mol. The van der Waals surface area contributed by atoms with Gasteiger partial charge in [0.1, 0.15) is 6.04 Å². The Morgan fingerprint density at radius 1 is 1.30 bits per heavy atom. The van der Waals surface area contributed by atoms with Crippen LogP contribution in [0.4, 0.5) is 0 Å². The fourth-order valence-corrected chi connectivity index (χ4v) is 4.07. The lowest BCUT2D eigenvalue weighted by Crippen LogP contribution is -2.43. The molecule has 0 aliphatic carbocycles. The summed E-state index contributed by atoms with van der Waals surface area (Å²) in [5.41, 5.74) is 6.00. The Labute approximate surface area is 135 Å². The molecule has 2 rings (SSSR count). The third-order valence-corrected chi connectivity index (χ3v) is 5.72. The highest BCUT2D eigenvalue weighted by Gasteiger charge is 2.41. The molecule has 0 saturated carbocycles. The Morgan fingerprint density at radius 3 is 2.48 bits per heavy atom. The molecule has 8 heteroatoms. The first-order valence-corrected chi connectivity index (χ1v) is 8.76. The first kappa shape index (κ1) is 17.4. The number of carbonyl (C=O) groups excluding carboxylic acids is 2. The Balaban J connectivity index is 2.22. The van der Waals surface area contributed by atoms with Crippen LogP contribution in [0.3, 0.4) is 0 Å². The fourth-order valence-electron chi connectivity index (χ4n) is 2.42. The highest BCUT2D eigenvalue weighted by atomic mass is 32.2. The number of carbonyl (C=O) groups is 2. The number of primary amides is 1. The van der Waals surface area contributed by atoms with Crippen LogP contribution < -0.4 is 5.73 Å². The van der Waals surface area contributed by atoms with Gasteiger partial charge < -0.3 is 10.5 Å². The summed E-state index contributed by atoms with van der Waals surface area (Å²) in [6.07, 6.45) is -0.183. The second-order valence-corrected chi connectivity index (χ2v) is 7.46. The third-order valence-electron chi connectivity index (χ3n) is 3.80. The van der Waals surface area contributed by atoms with Crippen LogP contribution >= 0.6 is 0 Å². The van der Waals surface area contributed by atoms with E-state index in [0.29, 0.717) is 12.8 Å². The third kappa shape index (κ3) is 3.70. The molecule has 1 aliphatic rings. The van der Waals surface area contributed by atoms with Crippen molar-refractivity contribution in [2.45, 2.75) is 43.7 Å². The lowest BCUT2D eigenvalue weighted by Gasteiger charge is -2.23. The maximum absolute atomic E-state index is 12.7. The molecule has 1 aromatic rings. The normalized spacial score (nSPS) is 20.2. The Morgan fingerprint density at radius 2 is 1.91 bits per heavy atom. The molecular formula is C15H20N2O5S. The van der Waals surface area contributed by atoms with Crippen molar-refractivity contribution in [2.75, 3.05) is 6.54 Å². The number of rotatable bonds is 5. The van der Waals surface area contributed by atoms with Crippen LogP contribution in [-0.4, -0.2) is 43.3 Å². The minimum absolute atomic E-state index is 0.130. The number of aryl methyl sites for hydroxylation is 1. The molecule has 7 nitrogen and oxygen atoms in total. The van der Waals surface area contributed by atoms with E-state index in [1.165, 1.54) is 19.1 Å². The number of benzene rings is 1. The number of nitrogens with zero attached hydrogens (tertiary/aromatic N) is 1. The van der Waals surface area contributed by atoms with E-state index >= 15 is 0 Å². The SMILES string of the molecule is Cc1ccc(S(=O)(=O)N2CCC[C@H]2C(=O)O[C@@H](C)C(N)=O)cc1. The summed E-state index contributed by atoms with van der Waals surface area (Å²) in [6.45, 7) is 3.45. The van der Waals surface area contributed by atoms with E-state index in [1.807, 2.05) is 6.92 Å². The van der Waals surface area contributed by atoms with Crippen LogP contribution in [0.2, 0.25) is 0 Å². The van der Waals surface area contributed by atoms with Crippen molar-refractivity contribution in [3.05, 3.63) is 29.8 Å². The monoisotopic (exact) mass is 340 g/mol. The lowest BCUT2D eigenvalue weighted by molar-refractivity contribution is -0.156. The van der Waals surface area contributed by atoms with Gasteiger partial charge >= 0.3 is 5.97 Å². The van der Waals surface area contributed by atoms with Crippen molar-refractivity contribution in [3.8, 4) is 0 Å². The van der Waals surface area contributed by atoms with E-state index < -0.39 is 34.0 Å². The van der Waals surface area contributed by atoms with E-state index in [4.69, 9.17) is 10.5 Å². The van der Waals surface area contributed by atoms with Crippen molar-refractivity contribution in [3.63, 3.8) is 0 Å². The predicted molar refractivity (Wildman–Crippen MR) is 82.8 cm³/mol. The molecule has 1 aliphatic heterocycles. The molecule has 126 valence electrons. The van der Waals surface area contributed by atoms with Gasteiger partial charge in [-0.05, 0) is 38.8 Å². The molecule has 0 unspecified atom stereocenters. The van der Waals surface area contributed by atoms with Crippen LogP contribution in [0.15, 0.2) is 29.2 Å². The Hall–Kier alpha value is -1.93. The minimum Gasteiger partial charge on any atom is -0.451 e. The smallest absolute Gasteiger partial charge is 0.325 e. The minimum atomic E-state index is -3.79. The van der Waals surface area contributed by atoms with Crippen molar-refractivity contribution in [1.82, 2.24) is 4.31 Å². The topological polar surface area (TPSA) is 107 Å². The number of esters is 1. The van der Waals surface area contributed by atoms with Gasteiger partial charge in [0.15, 0.2) is 6.10 Å². The molecular weight excluding hydrogens is 320 g/mol. The summed E-state index contributed by atoms with van der Waals surface area (Å²) in [6, 6.07) is 5.49. The highest BCUT2D eigenvalue weighted by molar-refractivity contribution is 7.89. The second kappa shape index (κ2) is 6.67. The Kier molecular flexibility index (Phi) is 5.06. The predicted octanol–water partition coefficient (Wildman–Crippen LogP) is 0.565. The van der Waals surface area contributed by atoms with E-state index in [2.05, 4.69) is 0 Å². The number of amides is 1. The van der Waals surface area contributed by atoms with Crippen LogP contribution in [0, 0.1) is 6.92 Å². The number of hydrogen-bond acceptors (Lipinski definition) is 5. The van der Waals surface area contributed by atoms with Crippen molar-refractivity contribution >= 4 is 21.9 Å². The molecule has 1 aromatic carbocycles. The fraction of sp³-hybridized carbons (Fsp3) is 0.467. The van der Waals surface area contributed by atoms with Gasteiger partial charge in [-0.1, -0.05) is 17.7 Å². The van der Waals surface area contributed by atoms with Gasteiger partial charge in [0, 0.05) is 6.54 Å². The summed E-state index contributed by atoms with van der Waals surface area (Å²) in [5.74, 6) is -1.52. The second-order valence-electron chi connectivity index (χ2n) is 5.57. The van der Waals surface area contributed by atoms with Gasteiger partial charge in [-0.25, -0.2) is 8.42 Å². The zero-order chi connectivity index (χ0) is 17.2. The van der Waals surface area contributed by atoms with Gasteiger partial charge in [0.05, 0.1) is 4.90 Å². The quantitative estimate of drug-likeness (QED) is 0.788. The van der Waals surface area contributed by atoms with Crippen LogP contribution in [0.5, 0.6) is 0 Å². The largest absolute Gasteiger partial charge is 0.451 e. The van der Waals surface area contributed by atoms with E-state index in [0.717, 1.165) is 9.87 Å². The molecule has 0 bridgehead atoms. The molecule has 2 atom stereocenters.